The smallest absolute Gasteiger partial charge is 0.423 e. The number of thiazole rings is 2. The van der Waals surface area contributed by atoms with Crippen LogP contribution in [0, 0.1) is 0 Å². The Morgan fingerprint density at radius 3 is 1.49 bits per heavy atom. The minimum absolute atomic E-state index is 0.0759. The van der Waals surface area contributed by atoms with Gasteiger partial charge < -0.3 is 20.7 Å². The van der Waals surface area contributed by atoms with Crippen molar-refractivity contribution in [1.82, 2.24) is 49.0 Å². The van der Waals surface area contributed by atoms with Crippen LogP contribution in [0.25, 0.3) is 64.7 Å². The monoisotopic (exact) mass is 1170 g/mol. The molecule has 26 heteroatoms. The highest BCUT2D eigenvalue weighted by molar-refractivity contribution is 7.16. The summed E-state index contributed by atoms with van der Waals surface area (Å²) < 4.78 is 78.4. The number of aromatic nitrogens is 10. The summed E-state index contributed by atoms with van der Waals surface area (Å²) in [5.74, 6) is 1.18. The van der Waals surface area contributed by atoms with Crippen LogP contribution in [0.1, 0.15) is 48.7 Å². The molecule has 0 fully saturated rings. The SMILES string of the molecule is C[C@H](Nc1ncnc2scnc12)c1cc2cccc(-c3ccc(C(F)(F)F)nc3)c2c(=O)n1-c1ccccc1.C[C@H](Nc1ncnc2scnc12)c1cc2cccc(Cl)c2c(=O)n1-c1ccccc1.OB(O)c1ccc(C(F)(F)F)nc1. The van der Waals surface area contributed by atoms with Gasteiger partial charge in [-0.25, -0.2) is 29.9 Å². The average Bonchev–Trinajstić information content (AvgIpc) is 4.14. The summed E-state index contributed by atoms with van der Waals surface area (Å²) in [6, 6.07) is 36.7. The summed E-state index contributed by atoms with van der Waals surface area (Å²) in [7, 11) is -1.80. The van der Waals surface area contributed by atoms with Crippen molar-refractivity contribution in [2.24, 2.45) is 0 Å². The average molecular weight is 1170 g/mol. The van der Waals surface area contributed by atoms with Crippen molar-refractivity contribution < 1.29 is 36.4 Å². The molecule has 2 atom stereocenters. The van der Waals surface area contributed by atoms with Crippen molar-refractivity contribution in [3.05, 3.63) is 218 Å². The lowest BCUT2D eigenvalue weighted by Gasteiger charge is -2.22. The molecule has 0 aliphatic carbocycles. The van der Waals surface area contributed by atoms with E-state index in [1.807, 2.05) is 105 Å². The van der Waals surface area contributed by atoms with E-state index in [4.69, 9.17) is 21.6 Å². The molecule has 412 valence electrons. The predicted molar refractivity (Wildman–Crippen MR) is 306 cm³/mol. The van der Waals surface area contributed by atoms with Crippen molar-refractivity contribution in [1.29, 1.82) is 0 Å². The number of nitrogens with zero attached hydrogens (tertiary/aromatic N) is 10. The number of pyridine rings is 4. The van der Waals surface area contributed by atoms with Crippen LogP contribution in [-0.2, 0) is 12.4 Å². The number of benzene rings is 4. The quantitative estimate of drug-likeness (QED) is 0.0741. The highest BCUT2D eigenvalue weighted by atomic mass is 35.5. The lowest BCUT2D eigenvalue weighted by atomic mass is 9.82. The molecular formula is C56H40BClF6N12O4S2. The molecule has 0 amide bonds. The second-order valence-corrected chi connectivity index (χ2v) is 20.1. The largest absolute Gasteiger partial charge is 0.490 e. The van der Waals surface area contributed by atoms with Crippen molar-refractivity contribution in [3.8, 4) is 22.5 Å². The van der Waals surface area contributed by atoms with Crippen LogP contribution in [0.4, 0.5) is 38.0 Å². The Hall–Kier alpha value is -9.01. The van der Waals surface area contributed by atoms with E-state index in [0.717, 1.165) is 51.0 Å². The van der Waals surface area contributed by atoms with E-state index in [0.29, 0.717) is 72.4 Å². The fraction of sp³-hybridized carbons (Fsp3) is 0.107. The maximum Gasteiger partial charge on any atom is 0.490 e. The zero-order valence-electron chi connectivity index (χ0n) is 42.5. The van der Waals surface area contributed by atoms with Gasteiger partial charge in [-0.1, -0.05) is 90.5 Å². The van der Waals surface area contributed by atoms with E-state index in [1.54, 1.807) is 38.4 Å². The Morgan fingerprint density at radius 2 is 1.02 bits per heavy atom. The van der Waals surface area contributed by atoms with Crippen molar-refractivity contribution in [3.63, 3.8) is 0 Å². The molecule has 8 aromatic heterocycles. The number of para-hydroxylation sites is 2. The number of rotatable bonds is 10. The third-order valence-corrected chi connectivity index (χ3v) is 14.5. The fourth-order valence-electron chi connectivity index (χ4n) is 8.89. The Kier molecular flexibility index (Phi) is 16.2. The van der Waals surface area contributed by atoms with Gasteiger partial charge in [0.25, 0.3) is 11.1 Å². The van der Waals surface area contributed by atoms with Gasteiger partial charge in [-0.05, 0) is 84.8 Å². The lowest BCUT2D eigenvalue weighted by molar-refractivity contribution is -0.141. The molecule has 4 N–H and O–H groups in total. The molecule has 16 nitrogen and oxygen atoms in total. The third kappa shape index (κ3) is 11.9. The molecule has 4 aromatic carbocycles. The van der Waals surface area contributed by atoms with E-state index >= 15 is 0 Å². The Balaban J connectivity index is 0.000000154. The number of anilines is 2. The molecule has 82 heavy (non-hydrogen) atoms. The number of fused-ring (bicyclic) bond motifs is 4. The van der Waals surface area contributed by atoms with Gasteiger partial charge in [0.1, 0.15) is 44.7 Å². The van der Waals surface area contributed by atoms with Crippen LogP contribution < -0.4 is 27.2 Å². The van der Waals surface area contributed by atoms with Gasteiger partial charge in [0, 0.05) is 46.2 Å². The van der Waals surface area contributed by atoms with Crippen molar-refractivity contribution in [2.75, 3.05) is 10.6 Å². The first-order valence-corrected chi connectivity index (χ1v) is 26.7. The Morgan fingerprint density at radius 1 is 0.549 bits per heavy atom. The number of alkyl halides is 6. The van der Waals surface area contributed by atoms with E-state index < -0.39 is 30.9 Å². The van der Waals surface area contributed by atoms with Crippen LogP contribution in [-0.4, -0.2) is 66.2 Å². The normalized spacial score (nSPS) is 12.3. The summed E-state index contributed by atoms with van der Waals surface area (Å²) in [4.78, 5) is 61.8. The van der Waals surface area contributed by atoms with Crippen molar-refractivity contribution >= 4 is 101 Å². The van der Waals surface area contributed by atoms with E-state index in [9.17, 15) is 35.9 Å². The minimum atomic E-state index is -4.55. The molecule has 12 aromatic rings. The first-order chi connectivity index (χ1) is 39.3. The van der Waals surface area contributed by atoms with Crippen LogP contribution in [0.3, 0.4) is 0 Å². The summed E-state index contributed by atoms with van der Waals surface area (Å²) in [5, 5.41) is 26.6. The Labute approximate surface area is 473 Å². The third-order valence-electron chi connectivity index (χ3n) is 12.7. The van der Waals surface area contributed by atoms with Gasteiger partial charge in [-0.3, -0.25) is 28.7 Å². The van der Waals surface area contributed by atoms with Crippen molar-refractivity contribution in [2.45, 2.75) is 38.3 Å². The number of hydrogen-bond donors (Lipinski definition) is 4. The molecule has 0 saturated carbocycles. The molecule has 0 saturated heterocycles. The van der Waals surface area contributed by atoms with E-state index in [2.05, 4.69) is 50.5 Å². The maximum absolute atomic E-state index is 14.2. The van der Waals surface area contributed by atoms with Crippen LogP contribution in [0.5, 0.6) is 0 Å². The van der Waals surface area contributed by atoms with Gasteiger partial charge >= 0.3 is 19.5 Å². The minimum Gasteiger partial charge on any atom is -0.423 e. The zero-order valence-corrected chi connectivity index (χ0v) is 44.9. The first kappa shape index (κ1) is 56.3. The number of halogens is 7. The molecule has 0 bridgehead atoms. The highest BCUT2D eigenvalue weighted by Gasteiger charge is 2.33. The standard InChI is InChI=1S/C28H19F3N6OS.C22H16ClN5OS.C6H5BF3NO2/c1-16(36-25-24-26(34-14-33-25)39-15-35-24)21-12-17-6-5-9-20(18-10-11-22(32-13-18)28(29,30)31)23(17)27(38)37(21)19-7-3-2-4-8-19;1-13(27-20-19-21(25-11-24-20)30-12-26-19)17-10-14-6-5-9-16(23)18(14)22(29)28(17)15-7-3-2-4-8-15;8-6(9,10)5-2-1-4(3-11-5)7(12)13/h2-16H,1H3,(H,33,34,36);2-13H,1H3,(H,24,25,27);1-3,12-13H/t16-;13-;/m00./s1. The maximum atomic E-state index is 14.2. The fourth-order valence-corrected chi connectivity index (χ4v) is 10.4. The first-order valence-electron chi connectivity index (χ1n) is 24.5. The summed E-state index contributed by atoms with van der Waals surface area (Å²) in [6.45, 7) is 3.91. The molecule has 0 aliphatic heterocycles. The second-order valence-electron chi connectivity index (χ2n) is 18.0. The summed E-state index contributed by atoms with van der Waals surface area (Å²) in [5.41, 5.74) is 6.00. The molecule has 0 spiro atoms. The molecule has 0 unspecified atom stereocenters. The van der Waals surface area contributed by atoms with Crippen LogP contribution >= 0.6 is 34.3 Å². The van der Waals surface area contributed by atoms with Gasteiger partial charge in [-0.15, -0.1) is 22.7 Å². The van der Waals surface area contributed by atoms with Gasteiger partial charge in [-0.2, -0.15) is 26.3 Å². The lowest BCUT2D eigenvalue weighted by Crippen LogP contribution is -2.30. The molecule has 0 radical (unpaired) electrons. The number of nitrogens with one attached hydrogen (secondary N) is 2. The van der Waals surface area contributed by atoms with E-state index in [-0.39, 0.29) is 28.7 Å². The zero-order chi connectivity index (χ0) is 57.9. The molecule has 0 aliphatic rings. The Bertz CT molecular complexity index is 4370. The molecule has 8 heterocycles. The molecular weight excluding hydrogens is 1130 g/mol. The van der Waals surface area contributed by atoms with Gasteiger partial charge in [0.05, 0.1) is 38.9 Å². The topological polar surface area (TPSA) is 212 Å². The summed E-state index contributed by atoms with van der Waals surface area (Å²) in [6.07, 6.45) is -4.16. The summed E-state index contributed by atoms with van der Waals surface area (Å²) >= 11 is 9.25. The molecule has 12 rings (SSSR count). The predicted octanol–water partition coefficient (Wildman–Crippen LogP) is 11.6. The number of hydrogen-bond acceptors (Lipinski definition) is 16. The van der Waals surface area contributed by atoms with E-state index in [1.165, 1.54) is 41.4 Å². The second kappa shape index (κ2) is 23.6. The highest BCUT2D eigenvalue weighted by Crippen LogP contribution is 2.34. The van der Waals surface area contributed by atoms with Gasteiger partial charge in [0.15, 0.2) is 11.6 Å². The van der Waals surface area contributed by atoms with Crippen LogP contribution in [0.15, 0.2) is 179 Å². The van der Waals surface area contributed by atoms with Crippen LogP contribution in [0.2, 0.25) is 5.02 Å². The van der Waals surface area contributed by atoms with Gasteiger partial charge in [0.2, 0.25) is 0 Å².